The maximum Gasteiger partial charge on any atom is 0.348 e. The Labute approximate surface area is 193 Å². The summed E-state index contributed by atoms with van der Waals surface area (Å²) in [4.78, 5) is 27.5. The van der Waals surface area contributed by atoms with Crippen molar-refractivity contribution < 1.29 is 24.5 Å². The number of rotatable bonds is 10. The number of aliphatic hydroxyl groups excluding tert-OH is 1. The van der Waals surface area contributed by atoms with Gasteiger partial charge < -0.3 is 19.8 Å². The van der Waals surface area contributed by atoms with Crippen molar-refractivity contribution in [2.24, 2.45) is 0 Å². The average molecular weight is 460 g/mol. The Morgan fingerprint density at radius 1 is 1.19 bits per heavy atom. The van der Waals surface area contributed by atoms with Gasteiger partial charge in [0, 0.05) is 17.8 Å². The van der Waals surface area contributed by atoms with E-state index >= 15 is 0 Å². The molecule has 1 saturated carbocycles. The lowest BCUT2D eigenvalue weighted by Crippen LogP contribution is -2.32. The van der Waals surface area contributed by atoms with Crippen LogP contribution in [0.3, 0.4) is 0 Å². The predicted octanol–water partition coefficient (Wildman–Crippen LogP) is 5.46. The van der Waals surface area contributed by atoms with Crippen LogP contribution in [0.15, 0.2) is 36.4 Å². The van der Waals surface area contributed by atoms with Gasteiger partial charge in [-0.25, -0.2) is 4.79 Å². The van der Waals surface area contributed by atoms with Gasteiger partial charge in [0.15, 0.2) is 0 Å². The number of hydrogen-bond donors (Lipinski definition) is 2. The van der Waals surface area contributed by atoms with Gasteiger partial charge in [-0.2, -0.15) is 0 Å². The molecule has 32 heavy (non-hydrogen) atoms. The van der Waals surface area contributed by atoms with Gasteiger partial charge in [0.1, 0.15) is 10.6 Å². The van der Waals surface area contributed by atoms with Crippen LogP contribution in [-0.2, 0) is 4.79 Å². The maximum absolute atomic E-state index is 12.6. The first kappa shape index (κ1) is 24.3. The van der Waals surface area contributed by atoms with E-state index in [4.69, 9.17) is 4.74 Å². The van der Waals surface area contributed by atoms with Crippen molar-refractivity contribution in [3.63, 3.8) is 0 Å². The van der Waals surface area contributed by atoms with Crippen LogP contribution < -0.4 is 9.64 Å². The minimum atomic E-state index is -0.998. The smallest absolute Gasteiger partial charge is 0.348 e. The minimum absolute atomic E-state index is 0.0950. The number of aliphatic hydroxyl groups is 1. The third kappa shape index (κ3) is 6.33. The largest absolute Gasteiger partial charge is 0.490 e. The summed E-state index contributed by atoms with van der Waals surface area (Å²) in [5.74, 6) is 0.0659. The van der Waals surface area contributed by atoms with E-state index in [2.05, 4.69) is 0 Å². The standard InChI is InChI=1S/C25H33NO5S/c1-3-23(28)26(15-7-8-17(2)27)21-16-22(32-24(21)25(29)30)18-11-13-20(14-12-18)31-19-9-5-4-6-10-19/h4-6,9-10,16-18,20,27H,3,7-8,11-15H2,1-2H3,(H,29,30). The van der Waals surface area contributed by atoms with Crippen molar-refractivity contribution in [3.8, 4) is 5.75 Å². The summed E-state index contributed by atoms with van der Waals surface area (Å²) in [6.45, 7) is 3.91. The number of carbonyl (C=O) groups excluding carboxylic acids is 1. The van der Waals surface area contributed by atoms with Gasteiger partial charge in [-0.15, -0.1) is 11.3 Å². The number of carbonyl (C=O) groups is 2. The Morgan fingerprint density at radius 3 is 2.47 bits per heavy atom. The van der Waals surface area contributed by atoms with E-state index in [1.54, 1.807) is 18.7 Å². The average Bonchev–Trinajstić information content (AvgIpc) is 3.23. The predicted molar refractivity (Wildman–Crippen MR) is 127 cm³/mol. The number of para-hydroxylation sites is 1. The molecule has 0 aliphatic heterocycles. The van der Waals surface area contributed by atoms with E-state index < -0.39 is 12.1 Å². The topological polar surface area (TPSA) is 87.1 Å². The first-order chi connectivity index (χ1) is 15.4. The molecule has 1 aliphatic rings. The molecule has 3 rings (SSSR count). The zero-order valence-electron chi connectivity index (χ0n) is 18.8. The SMILES string of the molecule is CCC(=O)N(CCCC(C)O)c1cc(C2CCC(Oc3ccccc3)CC2)sc1C(=O)O. The highest BCUT2D eigenvalue weighted by Gasteiger charge is 2.29. The monoisotopic (exact) mass is 459 g/mol. The van der Waals surface area contributed by atoms with Crippen molar-refractivity contribution in [3.05, 3.63) is 46.2 Å². The van der Waals surface area contributed by atoms with Gasteiger partial charge in [-0.05, 0) is 69.6 Å². The second kappa shape index (κ2) is 11.5. The molecule has 1 amide bonds. The lowest BCUT2D eigenvalue weighted by atomic mass is 9.86. The number of amides is 1. The highest BCUT2D eigenvalue weighted by Crippen LogP contribution is 2.42. The first-order valence-electron chi connectivity index (χ1n) is 11.5. The number of hydrogen-bond acceptors (Lipinski definition) is 5. The molecule has 1 aromatic heterocycles. The van der Waals surface area contributed by atoms with Gasteiger partial charge in [0.25, 0.3) is 0 Å². The summed E-state index contributed by atoms with van der Waals surface area (Å²) in [7, 11) is 0. The van der Waals surface area contributed by atoms with Gasteiger partial charge in [0.2, 0.25) is 5.91 Å². The third-order valence-electron chi connectivity index (χ3n) is 5.95. The molecule has 1 unspecified atom stereocenters. The zero-order valence-corrected chi connectivity index (χ0v) is 19.6. The third-order valence-corrected chi connectivity index (χ3v) is 7.22. The highest BCUT2D eigenvalue weighted by molar-refractivity contribution is 7.14. The molecule has 174 valence electrons. The summed E-state index contributed by atoms with van der Waals surface area (Å²) in [5.41, 5.74) is 0.498. The number of aromatic carboxylic acids is 1. The van der Waals surface area contributed by atoms with Gasteiger partial charge in [-0.1, -0.05) is 25.1 Å². The van der Waals surface area contributed by atoms with Crippen molar-refractivity contribution in [1.82, 2.24) is 0 Å². The second-order valence-electron chi connectivity index (χ2n) is 8.46. The molecule has 1 atom stereocenters. The molecule has 0 spiro atoms. The van der Waals surface area contributed by atoms with E-state index in [0.29, 0.717) is 31.5 Å². The number of carboxylic acids is 1. The molecule has 0 saturated heterocycles. The Kier molecular flexibility index (Phi) is 8.70. The Hall–Kier alpha value is -2.38. The fourth-order valence-electron chi connectivity index (χ4n) is 4.23. The van der Waals surface area contributed by atoms with Crippen LogP contribution in [0.25, 0.3) is 0 Å². The second-order valence-corrected chi connectivity index (χ2v) is 9.55. The van der Waals surface area contributed by atoms with Crippen LogP contribution in [0, 0.1) is 0 Å². The Bertz CT molecular complexity index is 887. The normalized spacial score (nSPS) is 19.3. The number of carboxylic acid groups (broad SMARTS) is 1. The zero-order chi connectivity index (χ0) is 23.1. The van der Waals surface area contributed by atoms with Crippen LogP contribution >= 0.6 is 11.3 Å². The number of nitrogens with zero attached hydrogens (tertiary/aromatic N) is 1. The van der Waals surface area contributed by atoms with Crippen LogP contribution in [0.5, 0.6) is 5.75 Å². The number of ether oxygens (including phenoxy) is 1. The number of anilines is 1. The van der Waals surface area contributed by atoms with Crippen LogP contribution in [0.4, 0.5) is 5.69 Å². The molecule has 0 radical (unpaired) electrons. The van der Waals surface area contributed by atoms with Crippen molar-refractivity contribution in [2.75, 3.05) is 11.4 Å². The fraction of sp³-hybridized carbons (Fsp3) is 0.520. The van der Waals surface area contributed by atoms with Crippen LogP contribution in [-0.4, -0.2) is 40.8 Å². The van der Waals surface area contributed by atoms with E-state index in [9.17, 15) is 19.8 Å². The summed E-state index contributed by atoms with van der Waals surface area (Å²) < 4.78 is 6.09. The highest BCUT2D eigenvalue weighted by atomic mass is 32.1. The number of thiophene rings is 1. The molecule has 0 bridgehead atoms. The molecular formula is C25H33NO5S. The van der Waals surface area contributed by atoms with Crippen molar-refractivity contribution in [2.45, 2.75) is 76.9 Å². The summed E-state index contributed by atoms with van der Waals surface area (Å²) >= 11 is 1.29. The van der Waals surface area contributed by atoms with Crippen LogP contribution in [0.2, 0.25) is 0 Å². The van der Waals surface area contributed by atoms with E-state index in [1.165, 1.54) is 11.3 Å². The maximum atomic E-state index is 12.6. The molecule has 6 nitrogen and oxygen atoms in total. The summed E-state index contributed by atoms with van der Waals surface area (Å²) in [6.07, 6.45) is 4.92. The molecule has 1 aliphatic carbocycles. The molecule has 7 heteroatoms. The molecule has 2 N–H and O–H groups in total. The first-order valence-corrected chi connectivity index (χ1v) is 12.3. The molecule has 1 aromatic carbocycles. The lowest BCUT2D eigenvalue weighted by Gasteiger charge is -2.28. The Balaban J connectivity index is 1.72. The molecule has 2 aromatic rings. The van der Waals surface area contributed by atoms with E-state index in [-0.39, 0.29) is 22.8 Å². The molecular weight excluding hydrogens is 426 g/mol. The number of benzene rings is 1. The lowest BCUT2D eigenvalue weighted by molar-refractivity contribution is -0.118. The Morgan fingerprint density at radius 2 is 1.88 bits per heavy atom. The van der Waals surface area contributed by atoms with Gasteiger partial charge in [0.05, 0.1) is 17.9 Å². The quantitative estimate of drug-likeness (QED) is 0.493. The van der Waals surface area contributed by atoms with E-state index in [0.717, 1.165) is 36.3 Å². The summed E-state index contributed by atoms with van der Waals surface area (Å²) in [6, 6.07) is 11.7. The molecule has 1 heterocycles. The van der Waals surface area contributed by atoms with E-state index in [1.807, 2.05) is 36.4 Å². The molecule has 1 fully saturated rings. The fourth-order valence-corrected chi connectivity index (χ4v) is 5.40. The van der Waals surface area contributed by atoms with Crippen molar-refractivity contribution in [1.29, 1.82) is 0 Å². The minimum Gasteiger partial charge on any atom is -0.490 e. The van der Waals surface area contributed by atoms with Gasteiger partial charge >= 0.3 is 5.97 Å². The van der Waals surface area contributed by atoms with Crippen molar-refractivity contribution >= 4 is 28.9 Å². The summed E-state index contributed by atoms with van der Waals surface area (Å²) in [5, 5.41) is 19.4. The van der Waals surface area contributed by atoms with Crippen LogP contribution in [0.1, 0.15) is 79.3 Å². The van der Waals surface area contributed by atoms with Gasteiger partial charge in [-0.3, -0.25) is 4.79 Å².